The molecule has 0 fully saturated rings. The van der Waals surface area contributed by atoms with Gasteiger partial charge in [0.25, 0.3) is 0 Å². The Hall–Kier alpha value is -0.0200. The van der Waals surface area contributed by atoms with Crippen molar-refractivity contribution in [3.63, 3.8) is 0 Å². The fourth-order valence-electron chi connectivity index (χ4n) is 0.0373. The average Bonchev–Trinajstić information content (AvgIpc) is 1.65. The standard InChI is InChI=1S/C3H5O2S/c4-1-3(5)2-6/h3,5-6H,2H2. The molecule has 1 radical (unpaired) electrons. The first kappa shape index (κ1) is 5.98. The summed E-state index contributed by atoms with van der Waals surface area (Å²) >= 11 is 3.58. The highest BCUT2D eigenvalue weighted by Crippen LogP contribution is 1.77. The van der Waals surface area contributed by atoms with Gasteiger partial charge in [-0.3, -0.25) is 4.79 Å². The van der Waals surface area contributed by atoms with Gasteiger partial charge in [0.05, 0.1) is 0 Å². The van der Waals surface area contributed by atoms with Gasteiger partial charge >= 0.3 is 0 Å². The van der Waals surface area contributed by atoms with Crippen molar-refractivity contribution < 1.29 is 9.90 Å². The maximum Gasteiger partial charge on any atom is 0.230 e. The summed E-state index contributed by atoms with van der Waals surface area (Å²) in [4.78, 5) is 9.31. The molecule has 0 saturated heterocycles. The van der Waals surface area contributed by atoms with Crippen LogP contribution in [0.4, 0.5) is 0 Å². The van der Waals surface area contributed by atoms with Crippen LogP contribution in [0, 0.1) is 0 Å². The predicted octanol–water partition coefficient (Wildman–Crippen LogP) is -0.613. The first-order chi connectivity index (χ1) is 2.81. The molecule has 0 amide bonds. The van der Waals surface area contributed by atoms with Crippen LogP contribution in [0.25, 0.3) is 0 Å². The van der Waals surface area contributed by atoms with Crippen LogP contribution in [0.15, 0.2) is 0 Å². The van der Waals surface area contributed by atoms with E-state index in [1.807, 2.05) is 0 Å². The van der Waals surface area contributed by atoms with E-state index in [-0.39, 0.29) is 5.75 Å². The fourth-order valence-corrected chi connectivity index (χ4v) is 0.112. The van der Waals surface area contributed by atoms with E-state index in [0.29, 0.717) is 0 Å². The molecule has 0 bridgehead atoms. The molecule has 0 aromatic rings. The Morgan fingerprint density at radius 3 is 2.50 bits per heavy atom. The fraction of sp³-hybridized carbons (Fsp3) is 0.667. The molecule has 0 spiro atoms. The third-order valence-electron chi connectivity index (χ3n) is 0.309. The Morgan fingerprint density at radius 1 is 2.00 bits per heavy atom. The molecule has 2 nitrogen and oxygen atoms in total. The number of aliphatic hydroxyl groups is 1. The monoisotopic (exact) mass is 105 g/mol. The second-order valence-corrected chi connectivity index (χ2v) is 1.18. The van der Waals surface area contributed by atoms with Crippen LogP contribution in [0.3, 0.4) is 0 Å². The quantitative estimate of drug-likeness (QED) is 0.459. The van der Waals surface area contributed by atoms with E-state index < -0.39 is 6.10 Å². The zero-order chi connectivity index (χ0) is 4.99. The van der Waals surface area contributed by atoms with Crippen LogP contribution in [0.2, 0.25) is 0 Å². The summed E-state index contributed by atoms with van der Waals surface area (Å²) in [6, 6.07) is 0. The minimum atomic E-state index is -1.01. The van der Waals surface area contributed by atoms with Gasteiger partial charge in [0.1, 0.15) is 6.10 Å². The van der Waals surface area contributed by atoms with E-state index in [1.165, 1.54) is 6.29 Å². The topological polar surface area (TPSA) is 37.3 Å². The first-order valence-corrected chi connectivity index (χ1v) is 2.11. The van der Waals surface area contributed by atoms with Crippen LogP contribution < -0.4 is 0 Å². The zero-order valence-corrected chi connectivity index (χ0v) is 3.98. The van der Waals surface area contributed by atoms with Crippen molar-refractivity contribution in [3.8, 4) is 0 Å². The predicted molar refractivity (Wildman–Crippen MR) is 25.6 cm³/mol. The van der Waals surface area contributed by atoms with Crippen molar-refractivity contribution >= 4 is 18.9 Å². The van der Waals surface area contributed by atoms with Gasteiger partial charge < -0.3 is 5.11 Å². The highest BCUT2D eigenvalue weighted by molar-refractivity contribution is 7.80. The molecule has 0 aromatic heterocycles. The molecule has 0 aromatic carbocycles. The lowest BCUT2D eigenvalue weighted by Crippen LogP contribution is -2.08. The maximum atomic E-state index is 9.31. The summed E-state index contributed by atoms with van der Waals surface area (Å²) in [6.07, 6.45) is 0.338. The number of aliphatic hydroxyl groups excluding tert-OH is 1. The SMILES string of the molecule is O=[C]C(O)CS. The lowest BCUT2D eigenvalue weighted by molar-refractivity contribution is 0.259. The van der Waals surface area contributed by atoms with Crippen molar-refractivity contribution in [2.45, 2.75) is 6.10 Å². The summed E-state index contributed by atoms with van der Waals surface area (Å²) in [5, 5.41) is 8.17. The molecular weight excluding hydrogens is 100 g/mol. The highest BCUT2D eigenvalue weighted by atomic mass is 32.1. The second-order valence-electron chi connectivity index (χ2n) is 0.816. The summed E-state index contributed by atoms with van der Waals surface area (Å²) in [7, 11) is 0. The highest BCUT2D eigenvalue weighted by Gasteiger charge is 1.94. The molecule has 0 aliphatic carbocycles. The van der Waals surface area contributed by atoms with Crippen molar-refractivity contribution in [1.29, 1.82) is 0 Å². The summed E-state index contributed by atoms with van der Waals surface area (Å²) in [5.41, 5.74) is 0. The molecule has 35 valence electrons. The molecule has 1 N–H and O–H groups in total. The average molecular weight is 105 g/mol. The normalized spacial score (nSPS) is 13.7. The molecule has 0 rings (SSSR count). The van der Waals surface area contributed by atoms with Crippen molar-refractivity contribution in [3.05, 3.63) is 0 Å². The number of thiol groups is 1. The maximum absolute atomic E-state index is 9.31. The Labute approximate surface area is 41.6 Å². The van der Waals surface area contributed by atoms with E-state index in [0.717, 1.165) is 0 Å². The molecule has 3 heteroatoms. The van der Waals surface area contributed by atoms with Gasteiger partial charge in [-0.15, -0.1) is 0 Å². The van der Waals surface area contributed by atoms with Crippen LogP contribution >= 0.6 is 12.6 Å². The van der Waals surface area contributed by atoms with Crippen molar-refractivity contribution in [2.75, 3.05) is 5.75 Å². The second kappa shape index (κ2) is 3.18. The minimum Gasteiger partial charge on any atom is -0.384 e. The molecule has 0 heterocycles. The van der Waals surface area contributed by atoms with E-state index >= 15 is 0 Å². The van der Waals surface area contributed by atoms with Crippen molar-refractivity contribution in [1.82, 2.24) is 0 Å². The largest absolute Gasteiger partial charge is 0.384 e. The zero-order valence-electron chi connectivity index (χ0n) is 3.09. The Morgan fingerprint density at radius 2 is 2.50 bits per heavy atom. The summed E-state index contributed by atoms with van der Waals surface area (Å²) in [6.45, 7) is 0. The van der Waals surface area contributed by atoms with E-state index in [1.54, 1.807) is 0 Å². The van der Waals surface area contributed by atoms with Crippen LogP contribution in [-0.4, -0.2) is 23.2 Å². The molecular formula is C3H5O2S. The molecule has 0 saturated carbocycles. The van der Waals surface area contributed by atoms with Crippen molar-refractivity contribution in [2.24, 2.45) is 0 Å². The minimum absolute atomic E-state index is 0.156. The number of hydrogen-bond acceptors (Lipinski definition) is 3. The van der Waals surface area contributed by atoms with Gasteiger partial charge in [0.2, 0.25) is 6.29 Å². The Balaban J connectivity index is 2.96. The number of carbonyl (C=O) groups excluding carboxylic acids is 1. The third-order valence-corrected chi connectivity index (χ3v) is 0.655. The van der Waals surface area contributed by atoms with Gasteiger partial charge in [0, 0.05) is 5.75 Å². The molecule has 0 aliphatic heterocycles. The molecule has 1 unspecified atom stereocenters. The Bertz CT molecular complexity index is 46.1. The number of hydrogen-bond donors (Lipinski definition) is 2. The van der Waals surface area contributed by atoms with Crippen LogP contribution in [0.5, 0.6) is 0 Å². The third kappa shape index (κ3) is 2.23. The van der Waals surface area contributed by atoms with E-state index in [4.69, 9.17) is 5.11 Å². The van der Waals surface area contributed by atoms with Gasteiger partial charge in [-0.2, -0.15) is 12.6 Å². The number of rotatable bonds is 2. The smallest absolute Gasteiger partial charge is 0.230 e. The Kier molecular flexibility index (Phi) is 3.17. The first-order valence-electron chi connectivity index (χ1n) is 1.48. The van der Waals surface area contributed by atoms with Gasteiger partial charge in [-0.1, -0.05) is 0 Å². The van der Waals surface area contributed by atoms with Gasteiger partial charge in [-0.25, -0.2) is 0 Å². The molecule has 0 aliphatic rings. The lowest BCUT2D eigenvalue weighted by atomic mass is 10.5. The van der Waals surface area contributed by atoms with Gasteiger partial charge in [-0.05, 0) is 0 Å². The molecule has 6 heavy (non-hydrogen) atoms. The van der Waals surface area contributed by atoms with Crippen LogP contribution in [0.1, 0.15) is 0 Å². The summed E-state index contributed by atoms with van der Waals surface area (Å²) < 4.78 is 0. The molecule has 1 atom stereocenters. The summed E-state index contributed by atoms with van der Waals surface area (Å²) in [5.74, 6) is 0.156. The van der Waals surface area contributed by atoms with Crippen LogP contribution in [-0.2, 0) is 4.79 Å². The van der Waals surface area contributed by atoms with E-state index in [9.17, 15) is 4.79 Å². The van der Waals surface area contributed by atoms with E-state index in [2.05, 4.69) is 12.6 Å². The van der Waals surface area contributed by atoms with Gasteiger partial charge in [0.15, 0.2) is 0 Å². The lowest BCUT2D eigenvalue weighted by Gasteiger charge is -1.87.